The Kier molecular flexibility index (Phi) is 6.03. The highest BCUT2D eigenvalue weighted by atomic mass is 79.9. The standard InChI is InChI=1S/C17H25BrFN/c1-3-10-20-17(13-6-4-12(2)5-7-13)15-11-14(19)8-9-16(15)18/h8-9,11-13,17,20H,3-7,10H2,1-2H3. The second-order valence-electron chi connectivity index (χ2n) is 6.12. The quantitative estimate of drug-likeness (QED) is 0.750. The minimum Gasteiger partial charge on any atom is -0.310 e. The number of hydrogen-bond acceptors (Lipinski definition) is 1. The molecule has 1 aromatic rings. The second-order valence-corrected chi connectivity index (χ2v) is 6.97. The zero-order valence-electron chi connectivity index (χ0n) is 12.5. The van der Waals surface area contributed by atoms with E-state index < -0.39 is 0 Å². The number of benzene rings is 1. The van der Waals surface area contributed by atoms with E-state index in [2.05, 4.69) is 35.1 Å². The largest absolute Gasteiger partial charge is 0.310 e. The summed E-state index contributed by atoms with van der Waals surface area (Å²) in [5.74, 6) is 1.32. The van der Waals surface area contributed by atoms with E-state index in [0.717, 1.165) is 28.9 Å². The highest BCUT2D eigenvalue weighted by molar-refractivity contribution is 9.10. The van der Waals surface area contributed by atoms with Gasteiger partial charge >= 0.3 is 0 Å². The van der Waals surface area contributed by atoms with Crippen LogP contribution in [0.5, 0.6) is 0 Å². The number of hydrogen-bond donors (Lipinski definition) is 1. The zero-order chi connectivity index (χ0) is 14.5. The van der Waals surface area contributed by atoms with Crippen molar-refractivity contribution >= 4 is 15.9 Å². The lowest BCUT2D eigenvalue weighted by Gasteiger charge is -2.34. The Bertz CT molecular complexity index is 427. The van der Waals surface area contributed by atoms with Gasteiger partial charge in [0.1, 0.15) is 5.82 Å². The van der Waals surface area contributed by atoms with Gasteiger partial charge in [-0.2, -0.15) is 0 Å². The molecule has 1 atom stereocenters. The normalized spacial score (nSPS) is 24.6. The van der Waals surface area contributed by atoms with Gasteiger partial charge in [-0.25, -0.2) is 4.39 Å². The second kappa shape index (κ2) is 7.56. The Hall–Kier alpha value is -0.410. The van der Waals surface area contributed by atoms with E-state index in [1.807, 2.05) is 6.07 Å². The van der Waals surface area contributed by atoms with Crippen molar-refractivity contribution in [3.8, 4) is 0 Å². The van der Waals surface area contributed by atoms with Crippen molar-refractivity contribution in [2.45, 2.75) is 52.0 Å². The van der Waals surface area contributed by atoms with Crippen LogP contribution in [0.4, 0.5) is 4.39 Å². The van der Waals surface area contributed by atoms with Crippen LogP contribution in [-0.4, -0.2) is 6.54 Å². The maximum atomic E-state index is 13.6. The van der Waals surface area contributed by atoms with Gasteiger partial charge in [0.2, 0.25) is 0 Å². The summed E-state index contributed by atoms with van der Waals surface area (Å²) in [5.41, 5.74) is 1.08. The van der Waals surface area contributed by atoms with Crippen LogP contribution in [0.3, 0.4) is 0 Å². The van der Waals surface area contributed by atoms with Crippen molar-refractivity contribution in [2.75, 3.05) is 6.54 Å². The lowest BCUT2D eigenvalue weighted by Crippen LogP contribution is -2.31. The van der Waals surface area contributed by atoms with E-state index in [9.17, 15) is 4.39 Å². The molecule has 0 bridgehead atoms. The lowest BCUT2D eigenvalue weighted by molar-refractivity contribution is 0.231. The first-order valence-corrected chi connectivity index (χ1v) is 8.59. The van der Waals surface area contributed by atoms with Crippen molar-refractivity contribution in [3.05, 3.63) is 34.1 Å². The average Bonchev–Trinajstić information content (AvgIpc) is 2.44. The molecule has 1 saturated carbocycles. The van der Waals surface area contributed by atoms with Gasteiger partial charge in [0.25, 0.3) is 0 Å². The molecule has 1 aliphatic rings. The minimum atomic E-state index is -0.143. The minimum absolute atomic E-state index is 0.143. The Labute approximate surface area is 130 Å². The van der Waals surface area contributed by atoms with E-state index in [1.54, 1.807) is 6.07 Å². The van der Waals surface area contributed by atoms with Gasteiger partial charge < -0.3 is 5.32 Å². The summed E-state index contributed by atoms with van der Waals surface area (Å²) in [7, 11) is 0. The summed E-state index contributed by atoms with van der Waals surface area (Å²) in [6, 6.07) is 5.31. The molecule has 0 aliphatic heterocycles. The van der Waals surface area contributed by atoms with Crippen molar-refractivity contribution in [1.82, 2.24) is 5.32 Å². The average molecular weight is 342 g/mol. The van der Waals surface area contributed by atoms with Gasteiger partial charge in [0.05, 0.1) is 0 Å². The van der Waals surface area contributed by atoms with Gasteiger partial charge in [0.15, 0.2) is 0 Å². The Balaban J connectivity index is 2.20. The van der Waals surface area contributed by atoms with Crippen LogP contribution in [0.25, 0.3) is 0 Å². The summed E-state index contributed by atoms with van der Waals surface area (Å²) in [4.78, 5) is 0. The van der Waals surface area contributed by atoms with Gasteiger partial charge in [-0.15, -0.1) is 0 Å². The van der Waals surface area contributed by atoms with Crippen LogP contribution in [0.2, 0.25) is 0 Å². The molecular formula is C17H25BrFN. The Morgan fingerprint density at radius 1 is 1.30 bits per heavy atom. The molecule has 1 aliphatic carbocycles. The summed E-state index contributed by atoms with van der Waals surface area (Å²) in [6.45, 7) is 5.50. The first-order chi connectivity index (χ1) is 9.61. The van der Waals surface area contributed by atoms with E-state index in [-0.39, 0.29) is 11.9 Å². The molecule has 2 rings (SSSR count). The van der Waals surface area contributed by atoms with Crippen molar-refractivity contribution in [3.63, 3.8) is 0 Å². The molecule has 0 aromatic heterocycles. The smallest absolute Gasteiger partial charge is 0.123 e. The fourth-order valence-electron chi connectivity index (χ4n) is 3.20. The van der Waals surface area contributed by atoms with Crippen LogP contribution in [0.1, 0.15) is 57.6 Å². The van der Waals surface area contributed by atoms with Crippen LogP contribution in [-0.2, 0) is 0 Å². The van der Waals surface area contributed by atoms with E-state index in [0.29, 0.717) is 5.92 Å². The molecule has 112 valence electrons. The third-order valence-electron chi connectivity index (χ3n) is 4.44. The lowest BCUT2D eigenvalue weighted by atomic mass is 9.77. The third kappa shape index (κ3) is 4.05. The van der Waals surface area contributed by atoms with Crippen LogP contribution in [0, 0.1) is 17.7 Å². The predicted octanol–water partition coefficient (Wildman–Crippen LogP) is 5.46. The van der Waals surface area contributed by atoms with Gasteiger partial charge in [-0.05, 0) is 61.4 Å². The van der Waals surface area contributed by atoms with E-state index >= 15 is 0 Å². The number of nitrogens with one attached hydrogen (secondary N) is 1. The molecule has 1 unspecified atom stereocenters. The van der Waals surface area contributed by atoms with E-state index in [4.69, 9.17) is 0 Å². The summed E-state index contributed by atoms with van der Waals surface area (Å²) in [5, 5.41) is 3.64. The van der Waals surface area contributed by atoms with Crippen LogP contribution >= 0.6 is 15.9 Å². The van der Waals surface area contributed by atoms with E-state index in [1.165, 1.54) is 31.7 Å². The van der Waals surface area contributed by atoms with Gasteiger partial charge in [-0.1, -0.05) is 42.6 Å². The molecule has 0 saturated heterocycles. The first kappa shape index (κ1) is 16.0. The topological polar surface area (TPSA) is 12.0 Å². The number of rotatable bonds is 5. The van der Waals surface area contributed by atoms with Crippen molar-refractivity contribution in [1.29, 1.82) is 0 Å². The van der Waals surface area contributed by atoms with Gasteiger partial charge in [-0.3, -0.25) is 0 Å². The highest BCUT2D eigenvalue weighted by Crippen LogP contribution is 2.39. The fraction of sp³-hybridized carbons (Fsp3) is 0.647. The van der Waals surface area contributed by atoms with Crippen molar-refractivity contribution < 1.29 is 4.39 Å². The monoisotopic (exact) mass is 341 g/mol. The molecule has 0 radical (unpaired) electrons. The molecule has 20 heavy (non-hydrogen) atoms. The molecule has 1 aromatic carbocycles. The maximum absolute atomic E-state index is 13.6. The molecule has 1 fully saturated rings. The highest BCUT2D eigenvalue weighted by Gasteiger charge is 2.28. The van der Waals surface area contributed by atoms with Crippen LogP contribution < -0.4 is 5.32 Å². The Morgan fingerprint density at radius 2 is 2.00 bits per heavy atom. The van der Waals surface area contributed by atoms with Crippen LogP contribution in [0.15, 0.2) is 22.7 Å². The predicted molar refractivity (Wildman–Crippen MR) is 86.3 cm³/mol. The molecule has 0 heterocycles. The molecular weight excluding hydrogens is 317 g/mol. The summed E-state index contributed by atoms with van der Waals surface area (Å²) >= 11 is 3.59. The summed E-state index contributed by atoms with van der Waals surface area (Å²) in [6.07, 6.45) is 6.17. The molecule has 1 N–H and O–H groups in total. The number of halogens is 2. The molecule has 0 amide bonds. The fourth-order valence-corrected chi connectivity index (χ4v) is 3.70. The molecule has 0 spiro atoms. The molecule has 3 heteroatoms. The van der Waals surface area contributed by atoms with Gasteiger partial charge in [0, 0.05) is 10.5 Å². The SMILES string of the molecule is CCCNC(c1cc(F)ccc1Br)C1CCC(C)CC1. The molecule has 1 nitrogen and oxygen atoms in total. The third-order valence-corrected chi connectivity index (χ3v) is 5.16. The zero-order valence-corrected chi connectivity index (χ0v) is 14.0. The summed E-state index contributed by atoms with van der Waals surface area (Å²) < 4.78 is 14.6. The first-order valence-electron chi connectivity index (χ1n) is 7.80. The Morgan fingerprint density at radius 3 is 2.65 bits per heavy atom. The van der Waals surface area contributed by atoms with Crippen molar-refractivity contribution in [2.24, 2.45) is 11.8 Å². The maximum Gasteiger partial charge on any atom is 0.123 e.